The van der Waals surface area contributed by atoms with Crippen molar-refractivity contribution in [3.63, 3.8) is 0 Å². The molecule has 0 aliphatic heterocycles. The Balaban J connectivity index is 1.78. The normalized spacial score (nSPS) is 13.2. The molecule has 132 valence electrons. The van der Waals surface area contributed by atoms with Crippen LogP contribution >= 0.6 is 11.8 Å². The predicted octanol–water partition coefficient (Wildman–Crippen LogP) is 2.52. The molecule has 0 fully saturated rings. The third kappa shape index (κ3) is 4.97. The number of thioether (sulfide) groups is 1. The third-order valence-electron chi connectivity index (χ3n) is 3.74. The smallest absolute Gasteiger partial charge is 0.316 e. The zero-order chi connectivity index (χ0) is 18.4. The maximum absolute atomic E-state index is 11.8. The number of esters is 1. The highest BCUT2D eigenvalue weighted by Gasteiger charge is 2.30. The van der Waals surface area contributed by atoms with Crippen LogP contribution in [0.4, 0.5) is 0 Å². The summed E-state index contributed by atoms with van der Waals surface area (Å²) in [6, 6.07) is 9.34. The van der Waals surface area contributed by atoms with E-state index in [1.54, 1.807) is 13.0 Å². The first-order chi connectivity index (χ1) is 11.8. The van der Waals surface area contributed by atoms with Crippen LogP contribution in [-0.2, 0) is 14.3 Å². The lowest BCUT2D eigenvalue weighted by molar-refractivity contribution is -0.146. The van der Waals surface area contributed by atoms with Gasteiger partial charge in [0.05, 0.1) is 6.07 Å². The van der Waals surface area contributed by atoms with Gasteiger partial charge in [0.2, 0.25) is 0 Å². The van der Waals surface area contributed by atoms with Crippen LogP contribution in [-0.4, -0.2) is 34.8 Å². The summed E-state index contributed by atoms with van der Waals surface area (Å²) < 4.78 is 10.4. The number of amides is 1. The van der Waals surface area contributed by atoms with Crippen molar-refractivity contribution in [2.45, 2.75) is 31.5 Å². The molecule has 0 radical (unpaired) electrons. The van der Waals surface area contributed by atoms with Gasteiger partial charge in [-0.2, -0.15) is 5.26 Å². The summed E-state index contributed by atoms with van der Waals surface area (Å²) in [5, 5.41) is 12.1. The van der Waals surface area contributed by atoms with Crippen molar-refractivity contribution in [2.75, 3.05) is 12.4 Å². The summed E-state index contributed by atoms with van der Waals surface area (Å²) in [6.07, 6.45) is 0. The Kier molecular flexibility index (Phi) is 6.04. The second kappa shape index (κ2) is 8.03. The SMILES string of the molecule is CC(C)[C@](C)(C#N)NC(=O)COC(=O)CSc1nc2ccccc2o1. The molecule has 0 saturated carbocycles. The van der Waals surface area contributed by atoms with Crippen molar-refractivity contribution in [1.82, 2.24) is 10.3 Å². The lowest BCUT2D eigenvalue weighted by Crippen LogP contribution is -2.50. The van der Waals surface area contributed by atoms with Gasteiger partial charge >= 0.3 is 5.97 Å². The zero-order valence-corrected chi connectivity index (χ0v) is 15.1. The number of hydrogen-bond acceptors (Lipinski definition) is 7. The van der Waals surface area contributed by atoms with Gasteiger partial charge in [-0.15, -0.1) is 0 Å². The summed E-state index contributed by atoms with van der Waals surface area (Å²) >= 11 is 1.09. The summed E-state index contributed by atoms with van der Waals surface area (Å²) in [4.78, 5) is 27.8. The molecule has 7 nitrogen and oxygen atoms in total. The fraction of sp³-hybridized carbons (Fsp3) is 0.412. The first-order valence-electron chi connectivity index (χ1n) is 7.70. The molecule has 0 bridgehead atoms. The van der Waals surface area contributed by atoms with E-state index in [4.69, 9.17) is 14.4 Å². The maximum atomic E-state index is 11.8. The van der Waals surface area contributed by atoms with E-state index in [2.05, 4.69) is 16.4 Å². The Morgan fingerprint density at radius 2 is 2.16 bits per heavy atom. The molecule has 2 rings (SSSR count). The number of rotatable bonds is 7. The Bertz CT molecular complexity index is 779. The summed E-state index contributed by atoms with van der Waals surface area (Å²) in [5.41, 5.74) is 0.348. The highest BCUT2D eigenvalue weighted by Crippen LogP contribution is 2.23. The van der Waals surface area contributed by atoms with E-state index in [0.717, 1.165) is 11.8 Å². The molecule has 1 aromatic heterocycles. The largest absolute Gasteiger partial charge is 0.455 e. The summed E-state index contributed by atoms with van der Waals surface area (Å²) in [7, 11) is 0. The number of aromatic nitrogens is 1. The molecular weight excluding hydrogens is 342 g/mol. The average Bonchev–Trinajstić information content (AvgIpc) is 3.00. The number of carbonyl (C=O) groups excluding carboxylic acids is 2. The molecule has 1 amide bonds. The molecule has 0 spiro atoms. The fourth-order valence-corrected chi connectivity index (χ4v) is 2.48. The highest BCUT2D eigenvalue weighted by molar-refractivity contribution is 7.99. The van der Waals surface area contributed by atoms with Crippen molar-refractivity contribution in [3.8, 4) is 6.07 Å². The standard InChI is InChI=1S/C17H19N3O4S/c1-11(2)17(3,10-18)20-14(21)8-23-15(22)9-25-16-19-12-6-4-5-7-13(12)24-16/h4-7,11H,8-9H2,1-3H3,(H,20,21)/t17-/m0/s1. The van der Waals surface area contributed by atoms with Gasteiger partial charge in [-0.05, 0) is 25.0 Å². The zero-order valence-electron chi connectivity index (χ0n) is 14.2. The molecule has 25 heavy (non-hydrogen) atoms. The van der Waals surface area contributed by atoms with E-state index in [1.807, 2.05) is 32.0 Å². The van der Waals surface area contributed by atoms with Crippen molar-refractivity contribution in [2.24, 2.45) is 5.92 Å². The third-order valence-corrected chi connectivity index (χ3v) is 4.54. The second-order valence-electron chi connectivity index (χ2n) is 5.91. The molecule has 1 atom stereocenters. The van der Waals surface area contributed by atoms with Crippen molar-refractivity contribution >= 4 is 34.7 Å². The van der Waals surface area contributed by atoms with Gasteiger partial charge in [-0.1, -0.05) is 37.7 Å². The van der Waals surface area contributed by atoms with Gasteiger partial charge in [0.1, 0.15) is 16.8 Å². The quantitative estimate of drug-likeness (QED) is 0.596. The Morgan fingerprint density at radius 3 is 2.80 bits per heavy atom. The minimum absolute atomic E-state index is 0.0280. The van der Waals surface area contributed by atoms with Crippen LogP contribution < -0.4 is 5.32 Å². The van der Waals surface area contributed by atoms with Gasteiger partial charge in [0, 0.05) is 0 Å². The fourth-order valence-electron chi connectivity index (χ4n) is 1.85. The molecule has 0 saturated heterocycles. The number of oxazole rings is 1. The van der Waals surface area contributed by atoms with Gasteiger partial charge in [-0.25, -0.2) is 4.98 Å². The molecule has 1 aromatic carbocycles. The molecule has 1 heterocycles. The van der Waals surface area contributed by atoms with Crippen LogP contribution in [0.5, 0.6) is 0 Å². The number of carbonyl (C=O) groups is 2. The topological polar surface area (TPSA) is 105 Å². The number of nitriles is 1. The molecule has 1 N–H and O–H groups in total. The minimum atomic E-state index is -1.00. The van der Waals surface area contributed by atoms with Crippen LogP contribution in [0.25, 0.3) is 11.1 Å². The van der Waals surface area contributed by atoms with Gasteiger partial charge in [-0.3, -0.25) is 9.59 Å². The van der Waals surface area contributed by atoms with Crippen molar-refractivity contribution in [3.05, 3.63) is 24.3 Å². The monoisotopic (exact) mass is 361 g/mol. The highest BCUT2D eigenvalue weighted by atomic mass is 32.2. The van der Waals surface area contributed by atoms with Gasteiger partial charge < -0.3 is 14.5 Å². The van der Waals surface area contributed by atoms with E-state index in [-0.39, 0.29) is 11.7 Å². The summed E-state index contributed by atoms with van der Waals surface area (Å²) in [5.74, 6) is -1.18. The number of hydrogen-bond donors (Lipinski definition) is 1. The lowest BCUT2D eigenvalue weighted by atomic mass is 9.90. The first kappa shape index (κ1) is 18.8. The van der Waals surface area contributed by atoms with Crippen molar-refractivity contribution < 1.29 is 18.7 Å². The van der Waals surface area contributed by atoms with E-state index >= 15 is 0 Å². The molecule has 0 unspecified atom stereocenters. The predicted molar refractivity (Wildman–Crippen MR) is 92.7 cm³/mol. The average molecular weight is 361 g/mol. The van der Waals surface area contributed by atoms with Crippen LogP contribution in [0.15, 0.2) is 33.9 Å². The number of benzene rings is 1. The number of para-hydroxylation sites is 2. The van der Waals surface area contributed by atoms with E-state index in [9.17, 15) is 9.59 Å². The minimum Gasteiger partial charge on any atom is -0.455 e. The maximum Gasteiger partial charge on any atom is 0.316 e. The Hall–Kier alpha value is -2.53. The number of nitrogens with one attached hydrogen (secondary N) is 1. The molecule has 0 aliphatic rings. The van der Waals surface area contributed by atoms with E-state index < -0.39 is 24.0 Å². The first-order valence-corrected chi connectivity index (χ1v) is 8.69. The van der Waals surface area contributed by atoms with Crippen LogP contribution in [0.1, 0.15) is 20.8 Å². The second-order valence-corrected chi connectivity index (χ2v) is 6.84. The van der Waals surface area contributed by atoms with Crippen LogP contribution in [0, 0.1) is 17.2 Å². The van der Waals surface area contributed by atoms with E-state index in [1.165, 1.54) is 0 Å². The number of ether oxygens (including phenoxy) is 1. The Morgan fingerprint density at radius 1 is 1.44 bits per heavy atom. The summed E-state index contributed by atoms with van der Waals surface area (Å²) in [6.45, 7) is 4.84. The van der Waals surface area contributed by atoms with Crippen LogP contribution in [0.2, 0.25) is 0 Å². The molecule has 2 aromatic rings. The van der Waals surface area contributed by atoms with E-state index in [0.29, 0.717) is 16.3 Å². The van der Waals surface area contributed by atoms with Crippen LogP contribution in [0.3, 0.4) is 0 Å². The van der Waals surface area contributed by atoms with Crippen molar-refractivity contribution in [1.29, 1.82) is 5.26 Å². The Labute approximate surface area is 149 Å². The number of nitrogens with zero attached hydrogens (tertiary/aromatic N) is 2. The number of fused-ring (bicyclic) bond motifs is 1. The molecular formula is C17H19N3O4S. The van der Waals surface area contributed by atoms with Gasteiger partial charge in [0.15, 0.2) is 12.2 Å². The van der Waals surface area contributed by atoms with Gasteiger partial charge in [0.25, 0.3) is 11.1 Å². The molecule has 0 aliphatic carbocycles. The lowest BCUT2D eigenvalue weighted by Gasteiger charge is -2.27. The molecule has 8 heteroatoms.